The minimum absolute atomic E-state index is 0.527. The van der Waals surface area contributed by atoms with Crippen LogP contribution in [0, 0.1) is 11.8 Å². The number of rotatable bonds is 1. The van der Waals surface area contributed by atoms with E-state index < -0.39 is 0 Å². The molecule has 0 bridgehead atoms. The SMILES string of the molecule is CC.CCN1CC(C)C=CC2=CC=CC(C)C=C21. The van der Waals surface area contributed by atoms with Crippen molar-refractivity contribution in [1.29, 1.82) is 0 Å². The highest BCUT2D eigenvalue weighted by atomic mass is 15.1. The lowest BCUT2D eigenvalue weighted by molar-refractivity contribution is 0.342. The quantitative estimate of drug-likeness (QED) is 0.655. The average Bonchev–Trinajstić information content (AvgIpc) is 2.65. The van der Waals surface area contributed by atoms with Crippen LogP contribution in [0.25, 0.3) is 0 Å². The molecule has 0 N–H and O–H groups in total. The minimum Gasteiger partial charge on any atom is -0.371 e. The summed E-state index contributed by atoms with van der Waals surface area (Å²) < 4.78 is 0. The van der Waals surface area contributed by atoms with Crippen LogP contribution in [0.15, 0.2) is 47.7 Å². The zero-order valence-corrected chi connectivity index (χ0v) is 12.5. The van der Waals surface area contributed by atoms with Crippen LogP contribution in [0.3, 0.4) is 0 Å². The Balaban J connectivity index is 0.000000771. The molecule has 18 heavy (non-hydrogen) atoms. The van der Waals surface area contributed by atoms with Crippen molar-refractivity contribution in [2.24, 2.45) is 11.8 Å². The lowest BCUT2D eigenvalue weighted by atomic mass is 10.1. The summed E-state index contributed by atoms with van der Waals surface area (Å²) in [5.74, 6) is 1.16. The Morgan fingerprint density at radius 2 is 1.94 bits per heavy atom. The second-order valence-electron chi connectivity index (χ2n) is 4.79. The highest BCUT2D eigenvalue weighted by Gasteiger charge is 2.17. The van der Waals surface area contributed by atoms with Gasteiger partial charge in [0, 0.05) is 18.8 Å². The van der Waals surface area contributed by atoms with E-state index in [4.69, 9.17) is 0 Å². The number of hydrogen-bond donors (Lipinski definition) is 0. The van der Waals surface area contributed by atoms with Gasteiger partial charge < -0.3 is 4.90 Å². The smallest absolute Gasteiger partial charge is 0.0405 e. The van der Waals surface area contributed by atoms with Crippen molar-refractivity contribution in [1.82, 2.24) is 4.90 Å². The molecule has 0 fully saturated rings. The number of fused-ring (bicyclic) bond motifs is 1. The zero-order valence-electron chi connectivity index (χ0n) is 12.5. The van der Waals surface area contributed by atoms with Gasteiger partial charge >= 0.3 is 0 Å². The first-order valence-electron chi connectivity index (χ1n) is 7.24. The number of likely N-dealkylation sites (N-methyl/N-ethyl adjacent to an activating group) is 1. The van der Waals surface area contributed by atoms with Crippen molar-refractivity contribution in [3.8, 4) is 0 Å². The van der Waals surface area contributed by atoms with Crippen molar-refractivity contribution in [2.45, 2.75) is 34.6 Å². The van der Waals surface area contributed by atoms with Gasteiger partial charge in [-0.15, -0.1) is 0 Å². The van der Waals surface area contributed by atoms with Gasteiger partial charge in [0.25, 0.3) is 0 Å². The molecule has 0 saturated heterocycles. The summed E-state index contributed by atoms with van der Waals surface area (Å²) in [7, 11) is 0. The molecule has 0 saturated carbocycles. The van der Waals surface area contributed by atoms with Crippen LogP contribution in [-0.2, 0) is 0 Å². The van der Waals surface area contributed by atoms with E-state index >= 15 is 0 Å². The highest BCUT2D eigenvalue weighted by Crippen LogP contribution is 2.26. The second-order valence-corrected chi connectivity index (χ2v) is 4.79. The fraction of sp³-hybridized carbons (Fsp3) is 0.529. The van der Waals surface area contributed by atoms with Crippen molar-refractivity contribution < 1.29 is 0 Å². The van der Waals surface area contributed by atoms with Crippen LogP contribution < -0.4 is 0 Å². The average molecular weight is 245 g/mol. The molecule has 0 aromatic heterocycles. The topological polar surface area (TPSA) is 3.24 Å². The number of allylic oxidation sites excluding steroid dienone is 5. The van der Waals surface area contributed by atoms with E-state index in [1.54, 1.807) is 0 Å². The molecule has 0 aromatic rings. The maximum absolute atomic E-state index is 2.49. The first-order valence-corrected chi connectivity index (χ1v) is 7.24. The molecule has 0 aromatic carbocycles. The van der Waals surface area contributed by atoms with Crippen molar-refractivity contribution in [2.75, 3.05) is 13.1 Å². The monoisotopic (exact) mass is 245 g/mol. The fourth-order valence-electron chi connectivity index (χ4n) is 2.32. The van der Waals surface area contributed by atoms with E-state index in [-0.39, 0.29) is 0 Å². The summed E-state index contributed by atoms with van der Waals surface area (Å²) in [5.41, 5.74) is 2.76. The minimum atomic E-state index is 0.527. The summed E-state index contributed by atoms with van der Waals surface area (Å²) in [6.45, 7) is 13.0. The number of nitrogens with zero attached hydrogens (tertiary/aromatic N) is 1. The Morgan fingerprint density at radius 1 is 1.22 bits per heavy atom. The van der Waals surface area contributed by atoms with Crippen molar-refractivity contribution in [3.05, 3.63) is 47.7 Å². The van der Waals surface area contributed by atoms with E-state index in [0.717, 1.165) is 13.1 Å². The molecule has 0 amide bonds. The molecule has 0 spiro atoms. The molecule has 2 atom stereocenters. The van der Waals surface area contributed by atoms with E-state index in [1.165, 1.54) is 11.3 Å². The summed E-state index contributed by atoms with van der Waals surface area (Å²) in [6, 6.07) is 0. The third kappa shape index (κ3) is 3.63. The fourth-order valence-corrected chi connectivity index (χ4v) is 2.32. The van der Waals surface area contributed by atoms with Crippen molar-refractivity contribution in [3.63, 3.8) is 0 Å². The predicted octanol–water partition coefficient (Wildman–Crippen LogP) is 4.56. The van der Waals surface area contributed by atoms with E-state index in [1.807, 2.05) is 13.8 Å². The van der Waals surface area contributed by atoms with Crippen LogP contribution >= 0.6 is 0 Å². The first kappa shape index (κ1) is 14.8. The van der Waals surface area contributed by atoms with Crippen LogP contribution in [0.2, 0.25) is 0 Å². The summed E-state index contributed by atoms with van der Waals surface area (Å²) in [5, 5.41) is 0. The van der Waals surface area contributed by atoms with Gasteiger partial charge in [0.05, 0.1) is 0 Å². The molecular weight excluding hydrogens is 218 g/mol. The molecule has 0 radical (unpaired) electrons. The van der Waals surface area contributed by atoms with E-state index in [2.05, 4.69) is 62.1 Å². The Morgan fingerprint density at radius 3 is 2.61 bits per heavy atom. The van der Waals surface area contributed by atoms with Gasteiger partial charge in [-0.2, -0.15) is 0 Å². The maximum Gasteiger partial charge on any atom is 0.0405 e. The Kier molecular flexibility index (Phi) is 5.97. The third-order valence-electron chi connectivity index (χ3n) is 3.24. The molecule has 100 valence electrons. The lowest BCUT2D eigenvalue weighted by Gasteiger charge is -2.27. The molecule has 1 aliphatic heterocycles. The predicted molar refractivity (Wildman–Crippen MR) is 81.4 cm³/mol. The molecule has 1 heterocycles. The Labute approximate surface area is 113 Å². The van der Waals surface area contributed by atoms with Gasteiger partial charge in [-0.3, -0.25) is 0 Å². The maximum atomic E-state index is 2.49. The van der Waals surface area contributed by atoms with Gasteiger partial charge in [0.1, 0.15) is 0 Å². The molecule has 2 unspecified atom stereocenters. The molecular formula is C17H27N. The zero-order chi connectivity index (χ0) is 13.5. The third-order valence-corrected chi connectivity index (χ3v) is 3.24. The highest BCUT2D eigenvalue weighted by molar-refractivity contribution is 5.44. The molecule has 1 heteroatoms. The summed E-state index contributed by atoms with van der Waals surface area (Å²) in [6.07, 6.45) is 13.6. The van der Waals surface area contributed by atoms with Crippen LogP contribution in [0.1, 0.15) is 34.6 Å². The van der Waals surface area contributed by atoms with Crippen molar-refractivity contribution >= 4 is 0 Å². The first-order chi connectivity index (χ1) is 8.70. The normalized spacial score (nSPS) is 26.2. The molecule has 1 nitrogen and oxygen atoms in total. The standard InChI is InChI=1S/C15H21N.C2H6/c1-4-16-11-13(3)8-9-14-7-5-6-12(2)10-15(14)16;1-2/h5-10,12-13H,4,11H2,1-3H3;1-2H3. The van der Waals surface area contributed by atoms with Gasteiger partial charge in [-0.1, -0.05) is 64.2 Å². The largest absolute Gasteiger partial charge is 0.371 e. The Bertz CT molecular complexity index is 371. The van der Waals surface area contributed by atoms with Crippen LogP contribution in [0.4, 0.5) is 0 Å². The van der Waals surface area contributed by atoms with Gasteiger partial charge in [-0.05, 0) is 24.3 Å². The van der Waals surface area contributed by atoms with Gasteiger partial charge in [0.15, 0.2) is 0 Å². The summed E-state index contributed by atoms with van der Waals surface area (Å²) in [4.78, 5) is 2.49. The second kappa shape index (κ2) is 7.25. The lowest BCUT2D eigenvalue weighted by Crippen LogP contribution is -2.26. The van der Waals surface area contributed by atoms with E-state index in [0.29, 0.717) is 11.8 Å². The van der Waals surface area contributed by atoms with Crippen LogP contribution in [0.5, 0.6) is 0 Å². The van der Waals surface area contributed by atoms with Crippen LogP contribution in [-0.4, -0.2) is 18.0 Å². The molecule has 2 rings (SSSR count). The van der Waals surface area contributed by atoms with Gasteiger partial charge in [0.2, 0.25) is 0 Å². The van der Waals surface area contributed by atoms with E-state index in [9.17, 15) is 0 Å². The van der Waals surface area contributed by atoms with Gasteiger partial charge in [-0.25, -0.2) is 0 Å². The molecule has 1 aliphatic carbocycles. The summed E-state index contributed by atoms with van der Waals surface area (Å²) >= 11 is 0. The Hall–Kier alpha value is -1.24. The molecule has 2 aliphatic rings. The number of hydrogen-bond acceptors (Lipinski definition) is 1.